The largest absolute Gasteiger partial charge is 0.493 e. The van der Waals surface area contributed by atoms with E-state index < -0.39 is 0 Å². The molecule has 94 valence electrons. The van der Waals surface area contributed by atoms with Crippen molar-refractivity contribution in [2.75, 3.05) is 20.3 Å². The molecule has 0 aliphatic carbocycles. The quantitative estimate of drug-likeness (QED) is 0.877. The van der Waals surface area contributed by atoms with Gasteiger partial charge in [-0.05, 0) is 36.1 Å². The summed E-state index contributed by atoms with van der Waals surface area (Å²) in [5, 5.41) is 0.767. The third-order valence-corrected chi connectivity index (χ3v) is 3.22. The van der Waals surface area contributed by atoms with Crippen LogP contribution in [0.25, 0.3) is 0 Å². The lowest BCUT2D eigenvalue weighted by molar-refractivity contribution is 0.187. The van der Waals surface area contributed by atoms with Crippen molar-refractivity contribution in [1.82, 2.24) is 0 Å². The van der Waals surface area contributed by atoms with E-state index >= 15 is 0 Å². The van der Waals surface area contributed by atoms with Crippen molar-refractivity contribution in [3.63, 3.8) is 0 Å². The number of nitrogens with two attached hydrogens (primary N) is 1. The van der Waals surface area contributed by atoms with E-state index in [-0.39, 0.29) is 6.04 Å². The maximum Gasteiger partial charge on any atom is 0.125 e. The van der Waals surface area contributed by atoms with Crippen LogP contribution in [0, 0.1) is 0 Å². The summed E-state index contributed by atoms with van der Waals surface area (Å²) in [5.41, 5.74) is 8.38. The van der Waals surface area contributed by atoms with Gasteiger partial charge in [0, 0.05) is 31.2 Å². The van der Waals surface area contributed by atoms with Gasteiger partial charge in [0.2, 0.25) is 0 Å². The number of hydrogen-bond acceptors (Lipinski definition) is 3. The summed E-state index contributed by atoms with van der Waals surface area (Å²) in [6.45, 7) is 1.43. The molecule has 1 aromatic rings. The first-order chi connectivity index (χ1) is 8.20. The van der Waals surface area contributed by atoms with Gasteiger partial charge in [-0.3, -0.25) is 0 Å². The third kappa shape index (κ3) is 3.12. The molecule has 1 aromatic carbocycles. The van der Waals surface area contributed by atoms with Crippen LogP contribution in [-0.2, 0) is 17.6 Å². The van der Waals surface area contributed by atoms with E-state index in [2.05, 4.69) is 0 Å². The fourth-order valence-corrected chi connectivity index (χ4v) is 2.41. The molecule has 17 heavy (non-hydrogen) atoms. The van der Waals surface area contributed by atoms with Gasteiger partial charge in [-0.2, -0.15) is 0 Å². The summed E-state index contributed by atoms with van der Waals surface area (Å²) < 4.78 is 10.7. The summed E-state index contributed by atoms with van der Waals surface area (Å²) in [5.74, 6) is 0.988. The Morgan fingerprint density at radius 2 is 2.35 bits per heavy atom. The Morgan fingerprint density at radius 3 is 3.12 bits per heavy atom. The van der Waals surface area contributed by atoms with Crippen LogP contribution in [-0.4, -0.2) is 26.4 Å². The SMILES string of the molecule is COCCC(N)Cc1cc(Cl)cc2c1OCC2. The Labute approximate surface area is 107 Å². The van der Waals surface area contributed by atoms with E-state index in [9.17, 15) is 0 Å². The molecule has 1 aliphatic rings. The van der Waals surface area contributed by atoms with Crippen LogP contribution >= 0.6 is 11.6 Å². The second kappa shape index (κ2) is 5.71. The molecule has 0 spiro atoms. The molecule has 1 atom stereocenters. The maximum atomic E-state index is 6.10. The summed E-state index contributed by atoms with van der Waals surface area (Å²) >= 11 is 6.10. The van der Waals surface area contributed by atoms with Crippen LogP contribution in [0.2, 0.25) is 5.02 Å². The molecule has 0 bridgehead atoms. The van der Waals surface area contributed by atoms with Gasteiger partial charge in [0.25, 0.3) is 0 Å². The van der Waals surface area contributed by atoms with Crippen LogP contribution in [0.15, 0.2) is 12.1 Å². The van der Waals surface area contributed by atoms with Crippen LogP contribution in [0.1, 0.15) is 17.5 Å². The molecule has 0 saturated carbocycles. The van der Waals surface area contributed by atoms with E-state index in [1.807, 2.05) is 12.1 Å². The van der Waals surface area contributed by atoms with Gasteiger partial charge in [0.15, 0.2) is 0 Å². The highest BCUT2D eigenvalue weighted by Crippen LogP contribution is 2.33. The van der Waals surface area contributed by atoms with Gasteiger partial charge in [-0.25, -0.2) is 0 Å². The van der Waals surface area contributed by atoms with Gasteiger partial charge in [0.05, 0.1) is 6.61 Å². The van der Waals surface area contributed by atoms with Crippen molar-refractivity contribution in [1.29, 1.82) is 0 Å². The molecule has 4 heteroatoms. The number of ether oxygens (including phenoxy) is 2. The van der Waals surface area contributed by atoms with E-state index in [0.717, 1.165) is 42.2 Å². The number of methoxy groups -OCH3 is 1. The zero-order chi connectivity index (χ0) is 12.3. The van der Waals surface area contributed by atoms with Crippen molar-refractivity contribution < 1.29 is 9.47 Å². The van der Waals surface area contributed by atoms with E-state index in [1.54, 1.807) is 7.11 Å². The Balaban J connectivity index is 2.10. The van der Waals surface area contributed by atoms with Crippen LogP contribution in [0.4, 0.5) is 0 Å². The number of rotatable bonds is 5. The van der Waals surface area contributed by atoms with Crippen molar-refractivity contribution in [3.05, 3.63) is 28.3 Å². The Hall–Kier alpha value is -0.770. The summed E-state index contributed by atoms with van der Waals surface area (Å²) in [6, 6.07) is 4.02. The molecule has 1 aliphatic heterocycles. The molecule has 0 saturated heterocycles. The third-order valence-electron chi connectivity index (χ3n) is 3.00. The highest BCUT2D eigenvalue weighted by atomic mass is 35.5. The van der Waals surface area contributed by atoms with Gasteiger partial charge in [-0.15, -0.1) is 0 Å². The van der Waals surface area contributed by atoms with Gasteiger partial charge < -0.3 is 15.2 Å². The average Bonchev–Trinajstić information content (AvgIpc) is 2.74. The first-order valence-electron chi connectivity index (χ1n) is 5.89. The minimum Gasteiger partial charge on any atom is -0.493 e. The maximum absolute atomic E-state index is 6.10. The molecular weight excluding hydrogens is 238 g/mol. The smallest absolute Gasteiger partial charge is 0.125 e. The van der Waals surface area contributed by atoms with Crippen LogP contribution in [0.3, 0.4) is 0 Å². The Bertz CT molecular complexity index is 395. The van der Waals surface area contributed by atoms with Crippen molar-refractivity contribution in [2.45, 2.75) is 25.3 Å². The highest BCUT2D eigenvalue weighted by Gasteiger charge is 2.18. The zero-order valence-corrected chi connectivity index (χ0v) is 10.8. The lowest BCUT2D eigenvalue weighted by Crippen LogP contribution is -2.24. The molecular formula is C13H18ClNO2. The number of benzene rings is 1. The number of hydrogen-bond donors (Lipinski definition) is 1. The zero-order valence-electron chi connectivity index (χ0n) is 10.0. The van der Waals surface area contributed by atoms with E-state index in [0.29, 0.717) is 6.61 Å². The lowest BCUT2D eigenvalue weighted by atomic mass is 10.0. The molecule has 0 amide bonds. The summed E-state index contributed by atoms with van der Waals surface area (Å²) in [4.78, 5) is 0. The van der Waals surface area contributed by atoms with Crippen molar-refractivity contribution >= 4 is 11.6 Å². The van der Waals surface area contributed by atoms with Gasteiger partial charge in [0.1, 0.15) is 5.75 Å². The fraction of sp³-hybridized carbons (Fsp3) is 0.538. The van der Waals surface area contributed by atoms with E-state index in [4.69, 9.17) is 26.8 Å². The highest BCUT2D eigenvalue weighted by molar-refractivity contribution is 6.30. The normalized spacial score (nSPS) is 15.5. The summed E-state index contributed by atoms with van der Waals surface area (Å²) in [7, 11) is 1.69. The minimum absolute atomic E-state index is 0.0849. The summed E-state index contributed by atoms with van der Waals surface area (Å²) in [6.07, 6.45) is 2.57. The van der Waals surface area contributed by atoms with Crippen LogP contribution in [0.5, 0.6) is 5.75 Å². The monoisotopic (exact) mass is 255 g/mol. The molecule has 2 rings (SSSR count). The first kappa shape index (κ1) is 12.7. The number of fused-ring (bicyclic) bond motifs is 1. The van der Waals surface area contributed by atoms with Gasteiger partial charge in [-0.1, -0.05) is 11.6 Å². The molecule has 3 nitrogen and oxygen atoms in total. The van der Waals surface area contributed by atoms with Crippen LogP contribution < -0.4 is 10.5 Å². The Morgan fingerprint density at radius 1 is 1.53 bits per heavy atom. The van der Waals surface area contributed by atoms with E-state index in [1.165, 1.54) is 5.56 Å². The minimum atomic E-state index is 0.0849. The molecule has 1 unspecified atom stereocenters. The molecule has 0 fully saturated rings. The lowest BCUT2D eigenvalue weighted by Gasteiger charge is -2.14. The molecule has 0 aromatic heterocycles. The predicted molar refractivity (Wildman–Crippen MR) is 68.8 cm³/mol. The van der Waals surface area contributed by atoms with Crippen molar-refractivity contribution in [3.8, 4) is 5.75 Å². The predicted octanol–water partition coefficient (Wildman–Crippen LogP) is 2.18. The standard InChI is InChI=1S/C13H18ClNO2/c1-16-4-3-12(15)8-10-7-11(14)6-9-2-5-17-13(9)10/h6-7,12H,2-5,8,15H2,1H3. The molecule has 0 radical (unpaired) electrons. The first-order valence-corrected chi connectivity index (χ1v) is 6.27. The number of halogens is 1. The fourth-order valence-electron chi connectivity index (χ4n) is 2.15. The van der Waals surface area contributed by atoms with Crippen molar-refractivity contribution in [2.24, 2.45) is 5.73 Å². The topological polar surface area (TPSA) is 44.5 Å². The second-order valence-corrected chi connectivity index (χ2v) is 4.83. The molecule has 1 heterocycles. The van der Waals surface area contributed by atoms with Gasteiger partial charge >= 0.3 is 0 Å². The Kier molecular flexibility index (Phi) is 4.26. The second-order valence-electron chi connectivity index (χ2n) is 4.40. The molecule has 2 N–H and O–H groups in total. The average molecular weight is 256 g/mol.